The van der Waals surface area contributed by atoms with E-state index in [-0.39, 0.29) is 0 Å². The zero-order chi connectivity index (χ0) is 19.6. The fourth-order valence-electron chi connectivity index (χ4n) is 2.11. The van der Waals surface area contributed by atoms with Gasteiger partial charge in [0.25, 0.3) is 0 Å². The normalized spacial score (nSPS) is 12.9. The van der Waals surface area contributed by atoms with Gasteiger partial charge in [0.05, 0.1) is 5.01 Å². The van der Waals surface area contributed by atoms with E-state index in [1.165, 1.54) is 0 Å². The van der Waals surface area contributed by atoms with Crippen LogP contribution in [0.5, 0.6) is 0 Å². The van der Waals surface area contributed by atoms with Gasteiger partial charge in [-0.3, -0.25) is 4.99 Å². The molecular formula is C17H30F3N5S. The van der Waals surface area contributed by atoms with Gasteiger partial charge < -0.3 is 15.5 Å². The van der Waals surface area contributed by atoms with Crippen LogP contribution in [0.4, 0.5) is 13.2 Å². The Hall–Kier alpha value is -1.35. The van der Waals surface area contributed by atoms with Crippen LogP contribution in [0.2, 0.25) is 0 Å². The molecule has 0 aromatic carbocycles. The molecule has 0 amide bonds. The van der Waals surface area contributed by atoms with Crippen LogP contribution in [-0.2, 0) is 12.6 Å². The molecule has 0 fully saturated rings. The number of unbranched alkanes of at least 4 members (excludes halogenated alkanes) is 1. The number of thiazole rings is 1. The zero-order valence-electron chi connectivity index (χ0n) is 16.0. The molecule has 0 bridgehead atoms. The second-order valence-electron chi connectivity index (χ2n) is 6.34. The minimum Gasteiger partial charge on any atom is -0.357 e. The first-order chi connectivity index (χ1) is 12.2. The molecule has 26 heavy (non-hydrogen) atoms. The molecule has 0 aliphatic heterocycles. The summed E-state index contributed by atoms with van der Waals surface area (Å²) in [5.41, 5.74) is -0.815. The Morgan fingerprint density at radius 3 is 2.62 bits per heavy atom. The Morgan fingerprint density at radius 2 is 2.04 bits per heavy atom. The van der Waals surface area contributed by atoms with E-state index in [1.54, 1.807) is 0 Å². The lowest BCUT2D eigenvalue weighted by Crippen LogP contribution is -2.38. The Morgan fingerprint density at radius 1 is 1.31 bits per heavy atom. The first kappa shape index (κ1) is 22.7. The number of rotatable bonds is 10. The SMILES string of the molecule is CCNC(=NCCCCN(C)C(C)C)NCCc1nc(C(F)(F)F)cs1. The maximum atomic E-state index is 12.5. The fourth-order valence-corrected chi connectivity index (χ4v) is 2.91. The van der Waals surface area contributed by atoms with E-state index in [2.05, 4.69) is 46.4 Å². The van der Waals surface area contributed by atoms with Gasteiger partial charge in [0.2, 0.25) is 0 Å². The zero-order valence-corrected chi connectivity index (χ0v) is 16.8. The van der Waals surface area contributed by atoms with Gasteiger partial charge >= 0.3 is 6.18 Å². The molecule has 0 unspecified atom stereocenters. The highest BCUT2D eigenvalue weighted by Gasteiger charge is 2.33. The van der Waals surface area contributed by atoms with Gasteiger partial charge in [0.1, 0.15) is 0 Å². The van der Waals surface area contributed by atoms with Gasteiger partial charge in [-0.05, 0) is 47.2 Å². The van der Waals surface area contributed by atoms with Gasteiger partial charge in [-0.1, -0.05) is 0 Å². The first-order valence-electron chi connectivity index (χ1n) is 8.98. The summed E-state index contributed by atoms with van der Waals surface area (Å²) in [6, 6.07) is 0.543. The van der Waals surface area contributed by atoms with Crippen LogP contribution < -0.4 is 10.6 Å². The quantitative estimate of drug-likeness (QED) is 0.364. The number of halogens is 3. The molecule has 0 saturated heterocycles. The third-order valence-corrected chi connectivity index (χ3v) is 4.80. The highest BCUT2D eigenvalue weighted by atomic mass is 32.1. The van der Waals surface area contributed by atoms with Crippen molar-refractivity contribution in [3.05, 3.63) is 16.1 Å². The van der Waals surface area contributed by atoms with Gasteiger partial charge in [0, 0.05) is 37.5 Å². The van der Waals surface area contributed by atoms with Crippen molar-refractivity contribution < 1.29 is 13.2 Å². The Balaban J connectivity index is 2.34. The van der Waals surface area contributed by atoms with Gasteiger partial charge in [0.15, 0.2) is 11.7 Å². The molecule has 1 heterocycles. The molecule has 0 atom stereocenters. The van der Waals surface area contributed by atoms with Crippen LogP contribution in [0.15, 0.2) is 10.4 Å². The van der Waals surface area contributed by atoms with E-state index in [9.17, 15) is 13.2 Å². The minimum atomic E-state index is -4.37. The van der Waals surface area contributed by atoms with Crippen molar-refractivity contribution in [1.82, 2.24) is 20.5 Å². The number of alkyl halides is 3. The molecule has 0 aliphatic rings. The summed E-state index contributed by atoms with van der Waals surface area (Å²) in [7, 11) is 2.11. The van der Waals surface area contributed by atoms with Crippen LogP contribution in [-0.4, -0.2) is 55.1 Å². The van der Waals surface area contributed by atoms with Crippen molar-refractivity contribution in [2.45, 2.75) is 52.3 Å². The summed E-state index contributed by atoms with van der Waals surface area (Å²) in [5, 5.41) is 7.82. The summed E-state index contributed by atoms with van der Waals surface area (Å²) < 4.78 is 37.6. The highest BCUT2D eigenvalue weighted by Crippen LogP contribution is 2.29. The maximum absolute atomic E-state index is 12.5. The lowest BCUT2D eigenvalue weighted by Gasteiger charge is -2.20. The van der Waals surface area contributed by atoms with E-state index in [1.807, 2.05) is 6.92 Å². The van der Waals surface area contributed by atoms with E-state index in [0.717, 1.165) is 49.2 Å². The monoisotopic (exact) mass is 393 g/mol. The van der Waals surface area contributed by atoms with Crippen molar-refractivity contribution >= 4 is 17.3 Å². The van der Waals surface area contributed by atoms with E-state index in [4.69, 9.17) is 0 Å². The predicted molar refractivity (Wildman–Crippen MR) is 102 cm³/mol. The number of aliphatic imine (C=N–C) groups is 1. The molecule has 1 aromatic rings. The van der Waals surface area contributed by atoms with E-state index >= 15 is 0 Å². The van der Waals surface area contributed by atoms with Crippen LogP contribution in [0.1, 0.15) is 44.3 Å². The Labute approximate surface area is 158 Å². The number of nitrogens with one attached hydrogen (secondary N) is 2. The Bertz CT molecular complexity index is 543. The molecule has 2 N–H and O–H groups in total. The molecule has 0 radical (unpaired) electrons. The molecular weight excluding hydrogens is 363 g/mol. The topological polar surface area (TPSA) is 52.6 Å². The lowest BCUT2D eigenvalue weighted by atomic mass is 10.2. The third-order valence-electron chi connectivity index (χ3n) is 3.89. The smallest absolute Gasteiger partial charge is 0.357 e. The summed E-state index contributed by atoms with van der Waals surface area (Å²) in [6.07, 6.45) is -1.86. The number of hydrogen-bond acceptors (Lipinski definition) is 4. The minimum absolute atomic E-state index is 0.435. The van der Waals surface area contributed by atoms with Crippen LogP contribution in [0.25, 0.3) is 0 Å². The van der Waals surface area contributed by atoms with Crippen molar-refractivity contribution in [3.8, 4) is 0 Å². The average Bonchev–Trinajstić information content (AvgIpc) is 3.03. The largest absolute Gasteiger partial charge is 0.434 e. The molecule has 1 aromatic heterocycles. The number of nitrogens with zero attached hydrogens (tertiary/aromatic N) is 3. The molecule has 0 aliphatic carbocycles. The average molecular weight is 394 g/mol. The summed E-state index contributed by atoms with van der Waals surface area (Å²) in [6.45, 7) is 9.31. The summed E-state index contributed by atoms with van der Waals surface area (Å²) >= 11 is 1.03. The highest BCUT2D eigenvalue weighted by molar-refractivity contribution is 7.09. The predicted octanol–water partition coefficient (Wildman–Crippen LogP) is 3.38. The van der Waals surface area contributed by atoms with Crippen LogP contribution >= 0.6 is 11.3 Å². The molecule has 150 valence electrons. The Kier molecular flexibility index (Phi) is 9.93. The molecule has 0 spiro atoms. The standard InChI is InChI=1S/C17H30F3N5S/c1-5-21-16(22-9-6-7-11-25(4)13(2)3)23-10-8-15-24-14(12-26-15)17(18,19)20/h12-13H,5-11H2,1-4H3,(H2,21,22,23). The van der Waals surface area contributed by atoms with Crippen molar-refractivity contribution in [1.29, 1.82) is 0 Å². The lowest BCUT2D eigenvalue weighted by molar-refractivity contribution is -0.140. The molecule has 9 heteroatoms. The summed E-state index contributed by atoms with van der Waals surface area (Å²) in [4.78, 5) is 10.4. The van der Waals surface area contributed by atoms with E-state index in [0.29, 0.717) is 30.0 Å². The fraction of sp³-hybridized carbons (Fsp3) is 0.765. The van der Waals surface area contributed by atoms with Gasteiger partial charge in [-0.15, -0.1) is 11.3 Å². The van der Waals surface area contributed by atoms with Gasteiger partial charge in [-0.25, -0.2) is 4.98 Å². The first-order valence-corrected chi connectivity index (χ1v) is 9.86. The number of hydrogen-bond donors (Lipinski definition) is 2. The van der Waals surface area contributed by atoms with Crippen LogP contribution in [0.3, 0.4) is 0 Å². The maximum Gasteiger partial charge on any atom is 0.434 e. The summed E-state index contributed by atoms with van der Waals surface area (Å²) in [5.74, 6) is 0.692. The van der Waals surface area contributed by atoms with Crippen molar-refractivity contribution in [2.75, 3.05) is 33.2 Å². The van der Waals surface area contributed by atoms with Crippen molar-refractivity contribution in [2.24, 2.45) is 4.99 Å². The van der Waals surface area contributed by atoms with Crippen molar-refractivity contribution in [3.63, 3.8) is 0 Å². The van der Waals surface area contributed by atoms with Crippen LogP contribution in [0, 0.1) is 0 Å². The molecule has 5 nitrogen and oxygen atoms in total. The molecule has 0 saturated carbocycles. The number of aromatic nitrogens is 1. The second-order valence-corrected chi connectivity index (χ2v) is 7.29. The van der Waals surface area contributed by atoms with E-state index < -0.39 is 11.9 Å². The molecule has 1 rings (SSSR count). The van der Waals surface area contributed by atoms with Gasteiger partial charge in [-0.2, -0.15) is 13.2 Å². The number of guanidine groups is 1. The third kappa shape index (κ3) is 8.84. The second kappa shape index (κ2) is 11.4.